The minimum Gasteiger partial charge on any atom is -0.496 e. The summed E-state index contributed by atoms with van der Waals surface area (Å²) < 4.78 is 18.5. The van der Waals surface area contributed by atoms with Crippen LogP contribution >= 0.6 is 0 Å². The van der Waals surface area contributed by atoms with Crippen LogP contribution in [0.1, 0.15) is 18.1 Å². The molecule has 0 N–H and O–H groups in total. The van der Waals surface area contributed by atoms with E-state index >= 15 is 0 Å². The Bertz CT molecular complexity index is 294. The van der Waals surface area contributed by atoms with Crippen LogP contribution in [-0.4, -0.2) is 7.11 Å². The molecule has 0 saturated heterocycles. The minimum absolute atomic E-state index is 0.194. The number of rotatable bonds is 3. The fourth-order valence-electron chi connectivity index (χ4n) is 1.33. The molecule has 0 aliphatic heterocycles. The van der Waals surface area contributed by atoms with E-state index in [1.165, 1.54) is 6.07 Å². The van der Waals surface area contributed by atoms with Gasteiger partial charge in [0.25, 0.3) is 0 Å². The molecule has 0 aromatic heterocycles. The van der Waals surface area contributed by atoms with Crippen LogP contribution in [0.25, 0.3) is 0 Å². The fraction of sp³-hybridized carbons (Fsp3) is 0.364. The van der Waals surface area contributed by atoms with Crippen molar-refractivity contribution in [3.05, 3.63) is 36.0 Å². The summed E-state index contributed by atoms with van der Waals surface area (Å²) in [6, 6.07) is 3.36. The van der Waals surface area contributed by atoms with Gasteiger partial charge in [-0.05, 0) is 37.5 Å². The molecule has 0 fully saturated rings. The van der Waals surface area contributed by atoms with Gasteiger partial charge in [-0.25, -0.2) is 4.39 Å². The highest BCUT2D eigenvalue weighted by Crippen LogP contribution is 2.24. The van der Waals surface area contributed by atoms with E-state index in [0.717, 1.165) is 5.56 Å². The van der Waals surface area contributed by atoms with Crippen LogP contribution in [0.2, 0.25) is 0 Å². The lowest BCUT2D eigenvalue weighted by atomic mass is 10.1. The Hall–Kier alpha value is -1.05. The van der Waals surface area contributed by atoms with Crippen molar-refractivity contribution in [3.8, 4) is 5.75 Å². The van der Waals surface area contributed by atoms with Gasteiger partial charge in [-0.1, -0.05) is 6.92 Å². The molecule has 1 rings (SSSR count). The van der Waals surface area contributed by atoms with E-state index in [1.807, 2.05) is 13.0 Å². The summed E-state index contributed by atoms with van der Waals surface area (Å²) in [7, 11) is 1.56. The quantitative estimate of drug-likeness (QED) is 0.696. The highest BCUT2D eigenvalue weighted by molar-refractivity contribution is 5.39. The fourth-order valence-corrected chi connectivity index (χ4v) is 1.33. The lowest BCUT2D eigenvalue weighted by molar-refractivity contribution is 0.404. The molecule has 1 nitrogen and oxygen atoms in total. The van der Waals surface area contributed by atoms with E-state index in [1.54, 1.807) is 7.11 Å². The van der Waals surface area contributed by atoms with Crippen LogP contribution in [0.4, 0.5) is 4.39 Å². The molecule has 0 spiro atoms. The summed E-state index contributed by atoms with van der Waals surface area (Å²) in [4.78, 5) is 0. The minimum atomic E-state index is -0.194. The van der Waals surface area contributed by atoms with E-state index in [-0.39, 0.29) is 5.82 Å². The van der Waals surface area contributed by atoms with Gasteiger partial charge in [0.2, 0.25) is 0 Å². The molecular formula is C11H14FO. The Kier molecular flexibility index (Phi) is 3.29. The van der Waals surface area contributed by atoms with E-state index in [0.29, 0.717) is 24.2 Å². The molecule has 0 aliphatic rings. The van der Waals surface area contributed by atoms with E-state index in [4.69, 9.17) is 4.74 Å². The van der Waals surface area contributed by atoms with Crippen molar-refractivity contribution in [1.82, 2.24) is 0 Å². The number of halogens is 1. The van der Waals surface area contributed by atoms with Crippen LogP contribution in [-0.2, 0) is 12.8 Å². The first kappa shape index (κ1) is 10.0. The first-order chi connectivity index (χ1) is 6.22. The highest BCUT2D eigenvalue weighted by atomic mass is 19.1. The molecule has 0 unspecified atom stereocenters. The highest BCUT2D eigenvalue weighted by Gasteiger charge is 2.08. The van der Waals surface area contributed by atoms with Gasteiger partial charge < -0.3 is 4.74 Å². The Morgan fingerprint density at radius 3 is 2.62 bits per heavy atom. The Labute approximate surface area is 78.5 Å². The molecule has 2 heteroatoms. The van der Waals surface area contributed by atoms with Gasteiger partial charge in [-0.15, -0.1) is 0 Å². The zero-order valence-corrected chi connectivity index (χ0v) is 8.06. The van der Waals surface area contributed by atoms with E-state index < -0.39 is 0 Å². The molecule has 1 aromatic carbocycles. The van der Waals surface area contributed by atoms with Crippen molar-refractivity contribution in [2.45, 2.75) is 19.8 Å². The monoisotopic (exact) mass is 181 g/mol. The van der Waals surface area contributed by atoms with Crippen molar-refractivity contribution in [1.29, 1.82) is 0 Å². The molecule has 1 radical (unpaired) electrons. The van der Waals surface area contributed by atoms with E-state index in [2.05, 4.69) is 6.92 Å². The maximum atomic E-state index is 13.4. The molecule has 1 aromatic rings. The van der Waals surface area contributed by atoms with Crippen molar-refractivity contribution < 1.29 is 9.13 Å². The standard InChI is InChI=1S/C11H14FO/c1-4-8-6-10(12)9(5-2)11(7-8)13-3/h6-7H,1,4-5H2,2-3H3. The second kappa shape index (κ2) is 4.26. The lowest BCUT2D eigenvalue weighted by Gasteiger charge is -2.09. The topological polar surface area (TPSA) is 9.23 Å². The average molecular weight is 181 g/mol. The van der Waals surface area contributed by atoms with Crippen molar-refractivity contribution in [2.24, 2.45) is 0 Å². The van der Waals surface area contributed by atoms with Gasteiger partial charge in [-0.2, -0.15) is 0 Å². The summed E-state index contributed by atoms with van der Waals surface area (Å²) in [6.45, 7) is 5.61. The van der Waals surface area contributed by atoms with Crippen molar-refractivity contribution in [3.63, 3.8) is 0 Å². The average Bonchev–Trinajstić information content (AvgIpc) is 2.16. The second-order valence-corrected chi connectivity index (χ2v) is 2.86. The zero-order chi connectivity index (χ0) is 9.84. The third kappa shape index (κ3) is 2.00. The number of ether oxygens (including phenoxy) is 1. The first-order valence-electron chi connectivity index (χ1n) is 4.37. The number of hydrogen-bond acceptors (Lipinski definition) is 1. The van der Waals surface area contributed by atoms with Crippen LogP contribution in [0.15, 0.2) is 12.1 Å². The predicted octanol–water partition coefficient (Wildman–Crippen LogP) is 2.77. The molecule has 0 atom stereocenters. The molecule has 0 saturated carbocycles. The molecule has 0 heterocycles. The van der Waals surface area contributed by atoms with Crippen LogP contribution in [0, 0.1) is 12.7 Å². The van der Waals surface area contributed by atoms with Crippen LogP contribution in [0.5, 0.6) is 5.75 Å². The summed E-state index contributed by atoms with van der Waals surface area (Å²) in [5.74, 6) is 0.432. The Morgan fingerprint density at radius 2 is 2.15 bits per heavy atom. The third-order valence-electron chi connectivity index (χ3n) is 2.08. The van der Waals surface area contributed by atoms with Gasteiger partial charge in [0, 0.05) is 5.56 Å². The van der Waals surface area contributed by atoms with Crippen LogP contribution in [0.3, 0.4) is 0 Å². The second-order valence-electron chi connectivity index (χ2n) is 2.86. The maximum absolute atomic E-state index is 13.4. The Balaban J connectivity index is 3.20. The van der Waals surface area contributed by atoms with E-state index in [9.17, 15) is 4.39 Å². The molecule has 0 amide bonds. The maximum Gasteiger partial charge on any atom is 0.130 e. The summed E-state index contributed by atoms with van der Waals surface area (Å²) in [5, 5.41) is 0. The molecule has 13 heavy (non-hydrogen) atoms. The van der Waals surface area contributed by atoms with Gasteiger partial charge in [0.05, 0.1) is 7.11 Å². The first-order valence-corrected chi connectivity index (χ1v) is 4.37. The summed E-state index contributed by atoms with van der Waals surface area (Å²) >= 11 is 0. The smallest absolute Gasteiger partial charge is 0.130 e. The Morgan fingerprint density at radius 1 is 1.46 bits per heavy atom. The molecule has 71 valence electrons. The molecular weight excluding hydrogens is 167 g/mol. The van der Waals surface area contributed by atoms with Crippen molar-refractivity contribution >= 4 is 0 Å². The molecule has 0 aliphatic carbocycles. The van der Waals surface area contributed by atoms with Crippen molar-refractivity contribution in [2.75, 3.05) is 7.11 Å². The van der Waals surface area contributed by atoms with Gasteiger partial charge >= 0.3 is 0 Å². The summed E-state index contributed by atoms with van der Waals surface area (Å²) in [5.41, 5.74) is 1.51. The van der Waals surface area contributed by atoms with Crippen LogP contribution < -0.4 is 4.74 Å². The largest absolute Gasteiger partial charge is 0.496 e. The lowest BCUT2D eigenvalue weighted by Crippen LogP contribution is -1.96. The van der Waals surface area contributed by atoms with Gasteiger partial charge in [0.1, 0.15) is 11.6 Å². The number of hydrogen-bond donors (Lipinski definition) is 0. The normalized spacial score (nSPS) is 10.2. The zero-order valence-electron chi connectivity index (χ0n) is 8.06. The van der Waals surface area contributed by atoms with Gasteiger partial charge in [-0.3, -0.25) is 0 Å². The number of methoxy groups -OCH3 is 1. The number of benzene rings is 1. The molecule has 0 bridgehead atoms. The summed E-state index contributed by atoms with van der Waals surface area (Å²) in [6.07, 6.45) is 1.23. The predicted molar refractivity (Wildman–Crippen MR) is 51.4 cm³/mol. The SMILES string of the molecule is [CH2]Cc1cc(F)c(CC)c(OC)c1. The van der Waals surface area contributed by atoms with Gasteiger partial charge in [0.15, 0.2) is 0 Å². The third-order valence-corrected chi connectivity index (χ3v) is 2.08.